The zero-order valence-corrected chi connectivity index (χ0v) is 9.17. The van der Waals surface area contributed by atoms with E-state index in [1.807, 2.05) is 18.2 Å². The maximum Gasteiger partial charge on any atom is 0.130 e. The molecule has 1 unspecified atom stereocenters. The van der Waals surface area contributed by atoms with Crippen molar-refractivity contribution in [2.75, 3.05) is 5.32 Å². The molecule has 3 heteroatoms. The van der Waals surface area contributed by atoms with E-state index in [-0.39, 0.29) is 0 Å². The monoisotopic (exact) mass is 218 g/mol. The third kappa shape index (κ3) is 1.45. The van der Waals surface area contributed by atoms with Crippen LogP contribution < -0.4 is 5.32 Å². The summed E-state index contributed by atoms with van der Waals surface area (Å²) in [6.45, 7) is 2.17. The number of hydrogen-bond donors (Lipinski definition) is 1. The van der Waals surface area contributed by atoms with Crippen LogP contribution in [0.2, 0.25) is 5.02 Å². The van der Waals surface area contributed by atoms with Crippen LogP contribution in [0, 0.1) is 0 Å². The number of pyridine rings is 1. The largest absolute Gasteiger partial charge is 0.367 e. The second-order valence-corrected chi connectivity index (χ2v) is 4.52. The lowest BCUT2D eigenvalue weighted by atomic mass is 10.1. The van der Waals surface area contributed by atoms with Gasteiger partial charge in [0.15, 0.2) is 0 Å². The molecule has 0 aliphatic carbocycles. The molecule has 2 heterocycles. The molecule has 1 N–H and O–H groups in total. The van der Waals surface area contributed by atoms with Crippen LogP contribution in [0.4, 0.5) is 5.82 Å². The van der Waals surface area contributed by atoms with Gasteiger partial charge >= 0.3 is 0 Å². The molecular formula is C12H11ClN2. The summed E-state index contributed by atoms with van der Waals surface area (Å²) in [7, 11) is 0. The molecule has 0 saturated carbocycles. The Morgan fingerprint density at radius 3 is 3.13 bits per heavy atom. The number of nitrogens with zero attached hydrogens (tertiary/aromatic N) is 1. The van der Waals surface area contributed by atoms with Gasteiger partial charge in [0.2, 0.25) is 0 Å². The van der Waals surface area contributed by atoms with Crippen LogP contribution in [0.25, 0.3) is 10.9 Å². The van der Waals surface area contributed by atoms with Gasteiger partial charge in [0, 0.05) is 16.5 Å². The summed E-state index contributed by atoms with van der Waals surface area (Å²) in [6, 6.07) is 8.52. The Hall–Kier alpha value is -1.28. The molecule has 0 bridgehead atoms. The summed E-state index contributed by atoms with van der Waals surface area (Å²) < 4.78 is 0. The molecule has 3 rings (SSSR count). The molecular weight excluding hydrogens is 208 g/mol. The van der Waals surface area contributed by atoms with Gasteiger partial charge in [-0.25, -0.2) is 4.98 Å². The van der Waals surface area contributed by atoms with Gasteiger partial charge in [0.25, 0.3) is 0 Å². The normalized spacial score (nSPS) is 18.9. The standard InChI is InChI=1S/C12H11ClN2/c1-7-4-9-5-8-2-3-10(13)6-11(8)15-12(9)14-7/h2-3,5-7H,4H2,1H3,(H,14,15). The highest BCUT2D eigenvalue weighted by Gasteiger charge is 2.18. The Kier molecular flexibility index (Phi) is 1.86. The number of rotatable bonds is 0. The Labute approximate surface area is 93.3 Å². The fourth-order valence-corrected chi connectivity index (χ4v) is 2.25. The Balaban J connectivity index is 2.25. The van der Waals surface area contributed by atoms with Gasteiger partial charge in [-0.2, -0.15) is 0 Å². The average molecular weight is 219 g/mol. The molecule has 0 spiro atoms. The number of hydrogen-bond acceptors (Lipinski definition) is 2. The number of anilines is 1. The van der Waals surface area contributed by atoms with Gasteiger partial charge < -0.3 is 5.32 Å². The van der Waals surface area contributed by atoms with Gasteiger partial charge in [0.05, 0.1) is 5.52 Å². The first-order valence-corrected chi connectivity index (χ1v) is 5.46. The summed E-state index contributed by atoms with van der Waals surface area (Å²) >= 11 is 5.94. The van der Waals surface area contributed by atoms with Crippen LogP contribution in [0.15, 0.2) is 24.3 Å². The second-order valence-electron chi connectivity index (χ2n) is 4.08. The Morgan fingerprint density at radius 1 is 1.40 bits per heavy atom. The second kappa shape index (κ2) is 3.11. The van der Waals surface area contributed by atoms with E-state index in [0.717, 1.165) is 28.2 Å². The first kappa shape index (κ1) is 8.98. The fourth-order valence-electron chi connectivity index (χ4n) is 2.08. The van der Waals surface area contributed by atoms with Crippen molar-refractivity contribution in [2.45, 2.75) is 19.4 Å². The van der Waals surface area contributed by atoms with E-state index in [1.165, 1.54) is 5.56 Å². The highest BCUT2D eigenvalue weighted by Crippen LogP contribution is 2.28. The lowest BCUT2D eigenvalue weighted by Gasteiger charge is -2.03. The minimum Gasteiger partial charge on any atom is -0.367 e. The minimum absolute atomic E-state index is 0.486. The SMILES string of the molecule is CC1Cc2cc3ccc(Cl)cc3nc2N1. The van der Waals surface area contributed by atoms with Crippen molar-refractivity contribution < 1.29 is 0 Å². The van der Waals surface area contributed by atoms with E-state index >= 15 is 0 Å². The lowest BCUT2D eigenvalue weighted by molar-refractivity contribution is 0.839. The molecule has 2 aromatic rings. The van der Waals surface area contributed by atoms with Crippen LogP contribution in [-0.2, 0) is 6.42 Å². The smallest absolute Gasteiger partial charge is 0.130 e. The number of halogens is 1. The summed E-state index contributed by atoms with van der Waals surface area (Å²) in [4.78, 5) is 4.57. The molecule has 0 saturated heterocycles. The van der Waals surface area contributed by atoms with Crippen LogP contribution in [0.5, 0.6) is 0 Å². The van der Waals surface area contributed by atoms with Crippen molar-refractivity contribution >= 4 is 28.3 Å². The first-order valence-electron chi connectivity index (χ1n) is 5.08. The summed E-state index contributed by atoms with van der Waals surface area (Å²) in [5, 5.41) is 5.25. The van der Waals surface area contributed by atoms with Gasteiger partial charge in [-0.1, -0.05) is 17.7 Å². The lowest BCUT2D eigenvalue weighted by Crippen LogP contribution is -2.08. The molecule has 1 aromatic heterocycles. The summed E-state index contributed by atoms with van der Waals surface area (Å²) in [5.41, 5.74) is 2.26. The van der Waals surface area contributed by atoms with E-state index in [2.05, 4.69) is 23.3 Å². The summed E-state index contributed by atoms with van der Waals surface area (Å²) in [5.74, 6) is 1.01. The summed E-state index contributed by atoms with van der Waals surface area (Å²) in [6.07, 6.45) is 1.06. The number of benzene rings is 1. The Morgan fingerprint density at radius 2 is 2.27 bits per heavy atom. The predicted octanol–water partition coefficient (Wildman–Crippen LogP) is 3.24. The molecule has 1 aliphatic heterocycles. The molecule has 15 heavy (non-hydrogen) atoms. The van der Waals surface area contributed by atoms with Crippen molar-refractivity contribution in [3.05, 3.63) is 34.9 Å². The van der Waals surface area contributed by atoms with Crippen molar-refractivity contribution in [3.8, 4) is 0 Å². The maximum absolute atomic E-state index is 5.94. The number of aromatic nitrogens is 1. The fraction of sp³-hybridized carbons (Fsp3) is 0.250. The van der Waals surface area contributed by atoms with E-state index in [9.17, 15) is 0 Å². The predicted molar refractivity (Wildman–Crippen MR) is 63.5 cm³/mol. The van der Waals surface area contributed by atoms with E-state index in [4.69, 9.17) is 11.6 Å². The van der Waals surface area contributed by atoms with Gasteiger partial charge in [0.1, 0.15) is 5.82 Å². The third-order valence-electron chi connectivity index (χ3n) is 2.77. The molecule has 0 fully saturated rings. The highest BCUT2D eigenvalue weighted by atomic mass is 35.5. The van der Waals surface area contributed by atoms with Crippen LogP contribution >= 0.6 is 11.6 Å². The van der Waals surface area contributed by atoms with E-state index < -0.39 is 0 Å². The molecule has 2 nitrogen and oxygen atoms in total. The van der Waals surface area contributed by atoms with Crippen molar-refractivity contribution in [1.29, 1.82) is 0 Å². The Bertz CT molecular complexity index is 536. The molecule has 0 radical (unpaired) electrons. The first-order chi connectivity index (χ1) is 7.22. The quantitative estimate of drug-likeness (QED) is 0.734. The van der Waals surface area contributed by atoms with Gasteiger partial charge in [-0.3, -0.25) is 0 Å². The van der Waals surface area contributed by atoms with Crippen LogP contribution in [0.3, 0.4) is 0 Å². The number of nitrogens with one attached hydrogen (secondary N) is 1. The topological polar surface area (TPSA) is 24.9 Å². The minimum atomic E-state index is 0.486. The zero-order valence-electron chi connectivity index (χ0n) is 8.42. The van der Waals surface area contributed by atoms with Crippen LogP contribution in [-0.4, -0.2) is 11.0 Å². The molecule has 76 valence electrons. The maximum atomic E-state index is 5.94. The van der Waals surface area contributed by atoms with Gasteiger partial charge in [-0.15, -0.1) is 0 Å². The highest BCUT2D eigenvalue weighted by molar-refractivity contribution is 6.31. The van der Waals surface area contributed by atoms with Gasteiger partial charge in [-0.05, 0) is 37.1 Å². The zero-order chi connectivity index (χ0) is 10.4. The number of fused-ring (bicyclic) bond motifs is 2. The van der Waals surface area contributed by atoms with Crippen molar-refractivity contribution in [3.63, 3.8) is 0 Å². The van der Waals surface area contributed by atoms with Crippen molar-refractivity contribution in [2.24, 2.45) is 0 Å². The molecule has 1 atom stereocenters. The molecule has 1 aromatic carbocycles. The van der Waals surface area contributed by atoms with Crippen LogP contribution in [0.1, 0.15) is 12.5 Å². The molecule has 1 aliphatic rings. The average Bonchev–Trinajstić information content (AvgIpc) is 2.53. The molecule has 0 amide bonds. The van der Waals surface area contributed by atoms with E-state index in [0.29, 0.717) is 6.04 Å². The van der Waals surface area contributed by atoms with Crippen molar-refractivity contribution in [1.82, 2.24) is 4.98 Å². The third-order valence-corrected chi connectivity index (χ3v) is 3.00. The van der Waals surface area contributed by atoms with E-state index in [1.54, 1.807) is 0 Å².